The SMILES string of the molecule is COc1ccc2c(C)c(CC(=O)N[C@@H](CSC)C(=O)[O-])c(=O)oc2c1. The van der Waals surface area contributed by atoms with Gasteiger partial charge in [-0.15, -0.1) is 0 Å². The van der Waals surface area contributed by atoms with Crippen molar-refractivity contribution in [2.75, 3.05) is 19.1 Å². The van der Waals surface area contributed by atoms with E-state index in [1.165, 1.54) is 18.9 Å². The van der Waals surface area contributed by atoms with Gasteiger partial charge in [-0.2, -0.15) is 11.8 Å². The van der Waals surface area contributed by atoms with Crippen molar-refractivity contribution >= 4 is 34.6 Å². The van der Waals surface area contributed by atoms with Crippen LogP contribution in [0.3, 0.4) is 0 Å². The molecule has 134 valence electrons. The van der Waals surface area contributed by atoms with Crippen molar-refractivity contribution in [1.82, 2.24) is 5.32 Å². The maximum Gasteiger partial charge on any atom is 0.340 e. The predicted octanol–water partition coefficient (Wildman–Crippen LogP) is 0.250. The zero-order valence-electron chi connectivity index (χ0n) is 14.1. The molecule has 1 amide bonds. The Morgan fingerprint density at radius 1 is 1.40 bits per heavy atom. The van der Waals surface area contributed by atoms with Gasteiger partial charge in [-0.25, -0.2) is 4.79 Å². The van der Waals surface area contributed by atoms with Crippen molar-refractivity contribution in [2.45, 2.75) is 19.4 Å². The molecule has 1 N–H and O–H groups in total. The Bertz CT molecular complexity index is 860. The van der Waals surface area contributed by atoms with Crippen LogP contribution in [0.1, 0.15) is 11.1 Å². The molecule has 0 unspecified atom stereocenters. The number of carboxylic acid groups (broad SMARTS) is 1. The van der Waals surface area contributed by atoms with Gasteiger partial charge in [0.2, 0.25) is 5.91 Å². The molecule has 2 rings (SSSR count). The fourth-order valence-electron chi connectivity index (χ4n) is 2.45. The zero-order valence-corrected chi connectivity index (χ0v) is 14.9. The van der Waals surface area contributed by atoms with Crippen LogP contribution in [0.25, 0.3) is 11.0 Å². The average molecular weight is 364 g/mol. The maximum absolute atomic E-state index is 12.2. The van der Waals surface area contributed by atoms with E-state index in [9.17, 15) is 19.5 Å². The molecule has 0 spiro atoms. The van der Waals surface area contributed by atoms with Crippen LogP contribution in [0.4, 0.5) is 0 Å². The van der Waals surface area contributed by atoms with Crippen LogP contribution in [-0.2, 0) is 16.0 Å². The van der Waals surface area contributed by atoms with E-state index in [2.05, 4.69) is 5.32 Å². The van der Waals surface area contributed by atoms with Crippen LogP contribution in [0.15, 0.2) is 27.4 Å². The summed E-state index contributed by atoms with van der Waals surface area (Å²) in [5.41, 5.74) is 0.527. The van der Waals surface area contributed by atoms with Crippen LogP contribution in [0, 0.1) is 6.92 Å². The van der Waals surface area contributed by atoms with Crippen molar-refractivity contribution in [3.05, 3.63) is 39.7 Å². The highest BCUT2D eigenvalue weighted by molar-refractivity contribution is 7.98. The van der Waals surface area contributed by atoms with Gasteiger partial charge in [0.25, 0.3) is 0 Å². The van der Waals surface area contributed by atoms with E-state index < -0.39 is 23.5 Å². The highest BCUT2D eigenvalue weighted by Gasteiger charge is 2.18. The largest absolute Gasteiger partial charge is 0.548 e. The van der Waals surface area contributed by atoms with E-state index >= 15 is 0 Å². The number of thioether (sulfide) groups is 1. The summed E-state index contributed by atoms with van der Waals surface area (Å²) in [6, 6.07) is 3.95. The van der Waals surface area contributed by atoms with Gasteiger partial charge in [0.05, 0.1) is 31.1 Å². The van der Waals surface area contributed by atoms with E-state index in [1.54, 1.807) is 31.4 Å². The van der Waals surface area contributed by atoms with Gasteiger partial charge in [0, 0.05) is 17.2 Å². The van der Waals surface area contributed by atoms with Crippen molar-refractivity contribution in [1.29, 1.82) is 0 Å². The number of fused-ring (bicyclic) bond motifs is 1. The fourth-order valence-corrected chi connectivity index (χ4v) is 3.00. The molecule has 7 nitrogen and oxygen atoms in total. The smallest absolute Gasteiger partial charge is 0.340 e. The number of aryl methyl sites for hydroxylation is 1. The Balaban J connectivity index is 2.30. The molecule has 8 heteroatoms. The van der Waals surface area contributed by atoms with Crippen molar-refractivity contribution in [3.63, 3.8) is 0 Å². The number of aliphatic carboxylic acids is 1. The number of methoxy groups -OCH3 is 1. The number of hydrogen-bond donors (Lipinski definition) is 1. The first-order valence-corrected chi connectivity index (χ1v) is 8.86. The summed E-state index contributed by atoms with van der Waals surface area (Å²) in [5, 5.41) is 14.1. The lowest BCUT2D eigenvalue weighted by molar-refractivity contribution is -0.307. The predicted molar refractivity (Wildman–Crippen MR) is 92.8 cm³/mol. The molecule has 0 aliphatic heterocycles. The second-order valence-electron chi connectivity index (χ2n) is 5.43. The standard InChI is InChI=1S/C17H19NO6S/c1-9-11-5-4-10(23-2)6-14(11)24-17(22)12(9)7-15(19)18-13(8-25-3)16(20)21/h4-6,13H,7-8H2,1-3H3,(H,18,19)(H,20,21)/p-1/t13-/m0/s1. The van der Waals surface area contributed by atoms with Crippen LogP contribution in [0.2, 0.25) is 0 Å². The van der Waals surface area contributed by atoms with Gasteiger partial charge in [0.1, 0.15) is 11.3 Å². The van der Waals surface area contributed by atoms with Gasteiger partial charge in [-0.05, 0) is 30.9 Å². The number of ether oxygens (including phenoxy) is 1. The lowest BCUT2D eigenvalue weighted by atomic mass is 10.0. The van der Waals surface area contributed by atoms with Crippen LogP contribution < -0.4 is 20.8 Å². The Kier molecular flexibility index (Phi) is 6.08. The van der Waals surface area contributed by atoms with Crippen LogP contribution in [0.5, 0.6) is 5.75 Å². The number of carbonyl (C=O) groups is 2. The molecule has 2 aromatic rings. The molecule has 1 atom stereocenters. The summed E-state index contributed by atoms with van der Waals surface area (Å²) in [4.78, 5) is 35.4. The third kappa shape index (κ3) is 4.33. The molecule has 0 saturated heterocycles. The molecule has 0 saturated carbocycles. The second kappa shape index (κ2) is 8.06. The number of carboxylic acids is 1. The van der Waals surface area contributed by atoms with E-state index in [0.29, 0.717) is 22.3 Å². The summed E-state index contributed by atoms with van der Waals surface area (Å²) in [6.45, 7) is 1.71. The Morgan fingerprint density at radius 3 is 2.72 bits per heavy atom. The number of carbonyl (C=O) groups excluding carboxylic acids is 2. The topological polar surface area (TPSA) is 109 Å². The number of rotatable bonds is 7. The first-order valence-electron chi connectivity index (χ1n) is 7.46. The highest BCUT2D eigenvalue weighted by atomic mass is 32.2. The van der Waals surface area contributed by atoms with Gasteiger partial charge < -0.3 is 24.4 Å². The third-order valence-corrected chi connectivity index (χ3v) is 4.45. The molecule has 0 fully saturated rings. The molecule has 0 bridgehead atoms. The van der Waals surface area contributed by atoms with Crippen molar-refractivity contribution < 1.29 is 23.8 Å². The summed E-state index contributed by atoms with van der Waals surface area (Å²) in [6.07, 6.45) is 1.45. The lowest BCUT2D eigenvalue weighted by Crippen LogP contribution is -2.50. The fraction of sp³-hybridized carbons (Fsp3) is 0.353. The molecule has 0 radical (unpaired) electrons. The van der Waals surface area contributed by atoms with Gasteiger partial charge >= 0.3 is 5.63 Å². The van der Waals surface area contributed by atoms with Crippen LogP contribution in [-0.4, -0.2) is 37.0 Å². The second-order valence-corrected chi connectivity index (χ2v) is 6.34. The lowest BCUT2D eigenvalue weighted by Gasteiger charge is -2.18. The molecular formula is C17H18NO6S-. The number of nitrogens with one attached hydrogen (secondary N) is 1. The quantitative estimate of drug-likeness (QED) is 0.702. The summed E-state index contributed by atoms with van der Waals surface area (Å²) < 4.78 is 10.4. The number of hydrogen-bond acceptors (Lipinski definition) is 7. The molecular weight excluding hydrogens is 346 g/mol. The normalized spacial score (nSPS) is 12.0. The van der Waals surface area contributed by atoms with Gasteiger partial charge in [-0.1, -0.05) is 0 Å². The zero-order chi connectivity index (χ0) is 18.6. The third-order valence-electron chi connectivity index (χ3n) is 3.78. The summed E-state index contributed by atoms with van der Waals surface area (Å²) >= 11 is 1.27. The monoisotopic (exact) mass is 364 g/mol. The number of amides is 1. The molecule has 1 aromatic carbocycles. The van der Waals surface area contributed by atoms with E-state index in [0.717, 1.165) is 0 Å². The minimum absolute atomic E-state index is 0.180. The van der Waals surface area contributed by atoms with E-state index in [-0.39, 0.29) is 17.7 Å². The highest BCUT2D eigenvalue weighted by Crippen LogP contribution is 2.24. The van der Waals surface area contributed by atoms with E-state index in [1.807, 2.05) is 0 Å². The molecule has 1 heterocycles. The average Bonchev–Trinajstić information content (AvgIpc) is 2.57. The Labute approximate surface area is 148 Å². The molecule has 25 heavy (non-hydrogen) atoms. The number of benzene rings is 1. The van der Waals surface area contributed by atoms with E-state index in [4.69, 9.17) is 9.15 Å². The summed E-state index contributed by atoms with van der Waals surface area (Å²) in [7, 11) is 1.51. The maximum atomic E-state index is 12.2. The van der Waals surface area contributed by atoms with Crippen molar-refractivity contribution in [2.24, 2.45) is 0 Å². The van der Waals surface area contributed by atoms with Gasteiger partial charge in [0.15, 0.2) is 0 Å². The first-order chi connectivity index (χ1) is 11.9. The molecule has 1 aromatic heterocycles. The van der Waals surface area contributed by atoms with Gasteiger partial charge in [-0.3, -0.25) is 4.79 Å². The van der Waals surface area contributed by atoms with Crippen LogP contribution >= 0.6 is 11.8 Å². The van der Waals surface area contributed by atoms with Crippen molar-refractivity contribution in [3.8, 4) is 5.75 Å². The minimum Gasteiger partial charge on any atom is -0.548 e. The molecule has 0 aliphatic rings. The molecule has 0 aliphatic carbocycles. The minimum atomic E-state index is -1.36. The Hall–Kier alpha value is -2.48. The summed E-state index contributed by atoms with van der Waals surface area (Å²) in [5.74, 6) is -1.21. The first kappa shape index (κ1) is 18.9. The Morgan fingerprint density at radius 2 is 2.12 bits per heavy atom.